The minimum Gasteiger partial charge on any atom is -0.384 e. The van der Waals surface area contributed by atoms with Crippen LogP contribution in [0.1, 0.15) is 25.7 Å². The first kappa shape index (κ1) is 10.9. The SMILES string of the molecule is CN(CC1CC2CCC1C2)c1ccc(N)nc1. The van der Waals surface area contributed by atoms with E-state index in [0.29, 0.717) is 5.82 Å². The van der Waals surface area contributed by atoms with Crippen molar-refractivity contribution in [2.45, 2.75) is 25.7 Å². The molecule has 0 saturated heterocycles. The van der Waals surface area contributed by atoms with Gasteiger partial charge in [-0.25, -0.2) is 4.98 Å². The van der Waals surface area contributed by atoms with E-state index in [1.807, 2.05) is 12.3 Å². The first-order chi connectivity index (χ1) is 8.22. The van der Waals surface area contributed by atoms with E-state index in [9.17, 15) is 0 Å². The molecule has 1 heterocycles. The van der Waals surface area contributed by atoms with Gasteiger partial charge in [-0.15, -0.1) is 0 Å². The molecule has 2 aliphatic rings. The van der Waals surface area contributed by atoms with Crippen molar-refractivity contribution in [3.05, 3.63) is 18.3 Å². The molecular weight excluding hydrogens is 210 g/mol. The molecule has 92 valence electrons. The molecule has 3 nitrogen and oxygen atoms in total. The van der Waals surface area contributed by atoms with Crippen LogP contribution in [0.4, 0.5) is 11.5 Å². The fraction of sp³-hybridized carbons (Fsp3) is 0.643. The molecule has 3 unspecified atom stereocenters. The zero-order valence-electron chi connectivity index (χ0n) is 10.5. The summed E-state index contributed by atoms with van der Waals surface area (Å²) in [5.74, 6) is 3.52. The Morgan fingerprint density at radius 1 is 1.35 bits per heavy atom. The number of hydrogen-bond donors (Lipinski definition) is 1. The average molecular weight is 231 g/mol. The second-order valence-electron chi connectivity index (χ2n) is 5.76. The van der Waals surface area contributed by atoms with Crippen molar-refractivity contribution < 1.29 is 0 Å². The Kier molecular flexibility index (Phi) is 2.69. The van der Waals surface area contributed by atoms with Crippen molar-refractivity contribution in [2.75, 3.05) is 24.2 Å². The molecule has 2 aliphatic carbocycles. The zero-order valence-corrected chi connectivity index (χ0v) is 10.5. The van der Waals surface area contributed by atoms with Gasteiger partial charge in [0.05, 0.1) is 11.9 Å². The van der Waals surface area contributed by atoms with Crippen molar-refractivity contribution in [1.82, 2.24) is 4.98 Å². The number of nitrogens with zero attached hydrogens (tertiary/aromatic N) is 2. The highest BCUT2D eigenvalue weighted by molar-refractivity contribution is 5.47. The summed E-state index contributed by atoms with van der Waals surface area (Å²) in [5, 5.41) is 0. The standard InChI is InChI=1S/C14H21N3/c1-17(13-4-5-14(15)16-8-13)9-12-7-10-2-3-11(12)6-10/h4-5,8,10-12H,2-3,6-7,9H2,1H3,(H2,15,16). The van der Waals surface area contributed by atoms with Gasteiger partial charge in [-0.1, -0.05) is 6.42 Å². The van der Waals surface area contributed by atoms with Gasteiger partial charge in [-0.05, 0) is 49.1 Å². The topological polar surface area (TPSA) is 42.1 Å². The highest BCUT2D eigenvalue weighted by atomic mass is 15.1. The van der Waals surface area contributed by atoms with E-state index in [1.54, 1.807) is 0 Å². The van der Waals surface area contributed by atoms with Gasteiger partial charge in [0, 0.05) is 13.6 Å². The Hall–Kier alpha value is -1.25. The van der Waals surface area contributed by atoms with Gasteiger partial charge in [-0.2, -0.15) is 0 Å². The maximum atomic E-state index is 5.61. The molecule has 2 bridgehead atoms. The average Bonchev–Trinajstić information content (AvgIpc) is 2.91. The van der Waals surface area contributed by atoms with Crippen molar-refractivity contribution in [3.8, 4) is 0 Å². The summed E-state index contributed by atoms with van der Waals surface area (Å²) in [4.78, 5) is 6.49. The lowest BCUT2D eigenvalue weighted by molar-refractivity contribution is 0.337. The van der Waals surface area contributed by atoms with E-state index >= 15 is 0 Å². The first-order valence-electron chi connectivity index (χ1n) is 6.65. The molecule has 3 rings (SSSR count). The first-order valence-corrected chi connectivity index (χ1v) is 6.65. The summed E-state index contributed by atoms with van der Waals surface area (Å²) >= 11 is 0. The molecule has 0 spiro atoms. The van der Waals surface area contributed by atoms with E-state index in [2.05, 4.69) is 23.0 Å². The molecule has 3 heteroatoms. The number of nitrogens with two attached hydrogens (primary N) is 1. The zero-order chi connectivity index (χ0) is 11.8. The molecule has 0 amide bonds. The fourth-order valence-corrected chi connectivity index (χ4v) is 3.68. The highest BCUT2D eigenvalue weighted by Crippen LogP contribution is 2.48. The Labute approximate surface area is 103 Å². The van der Waals surface area contributed by atoms with Crippen LogP contribution in [-0.2, 0) is 0 Å². The third-order valence-corrected chi connectivity index (χ3v) is 4.60. The molecular formula is C14H21N3. The van der Waals surface area contributed by atoms with Gasteiger partial charge in [0.1, 0.15) is 5.82 Å². The van der Waals surface area contributed by atoms with Crippen molar-refractivity contribution in [3.63, 3.8) is 0 Å². The number of pyridine rings is 1. The monoisotopic (exact) mass is 231 g/mol. The van der Waals surface area contributed by atoms with Crippen LogP contribution in [-0.4, -0.2) is 18.6 Å². The van der Waals surface area contributed by atoms with E-state index < -0.39 is 0 Å². The number of rotatable bonds is 3. The summed E-state index contributed by atoms with van der Waals surface area (Å²) in [6.07, 6.45) is 7.75. The Morgan fingerprint density at radius 2 is 2.24 bits per heavy atom. The van der Waals surface area contributed by atoms with E-state index in [-0.39, 0.29) is 0 Å². The Bertz CT molecular complexity index is 387. The van der Waals surface area contributed by atoms with E-state index in [1.165, 1.54) is 37.9 Å². The lowest BCUT2D eigenvalue weighted by Gasteiger charge is -2.28. The number of aromatic nitrogens is 1. The molecule has 3 atom stereocenters. The van der Waals surface area contributed by atoms with E-state index in [4.69, 9.17) is 5.73 Å². The Balaban J connectivity index is 1.63. The third-order valence-electron chi connectivity index (χ3n) is 4.60. The van der Waals surface area contributed by atoms with Gasteiger partial charge >= 0.3 is 0 Å². The fourth-order valence-electron chi connectivity index (χ4n) is 3.68. The molecule has 17 heavy (non-hydrogen) atoms. The van der Waals surface area contributed by atoms with Crippen LogP contribution in [0.3, 0.4) is 0 Å². The van der Waals surface area contributed by atoms with E-state index in [0.717, 1.165) is 17.8 Å². The van der Waals surface area contributed by atoms with Crippen LogP contribution in [0.2, 0.25) is 0 Å². The second-order valence-corrected chi connectivity index (χ2v) is 5.76. The third kappa shape index (κ3) is 2.11. The van der Waals surface area contributed by atoms with Gasteiger partial charge < -0.3 is 10.6 Å². The second kappa shape index (κ2) is 4.21. The minimum atomic E-state index is 0.599. The molecule has 1 aromatic rings. The van der Waals surface area contributed by atoms with Crippen molar-refractivity contribution >= 4 is 11.5 Å². The summed E-state index contributed by atoms with van der Waals surface area (Å²) in [6, 6.07) is 3.95. The number of anilines is 2. The van der Waals surface area contributed by atoms with Crippen LogP contribution in [0.5, 0.6) is 0 Å². The van der Waals surface area contributed by atoms with Crippen LogP contribution >= 0.6 is 0 Å². The van der Waals surface area contributed by atoms with Crippen LogP contribution < -0.4 is 10.6 Å². The molecule has 0 aromatic carbocycles. The van der Waals surface area contributed by atoms with Gasteiger partial charge in [-0.3, -0.25) is 0 Å². The lowest BCUT2D eigenvalue weighted by Crippen LogP contribution is -2.28. The minimum absolute atomic E-state index is 0.599. The summed E-state index contributed by atoms with van der Waals surface area (Å²) in [7, 11) is 2.17. The van der Waals surface area contributed by atoms with Crippen LogP contribution in [0.15, 0.2) is 18.3 Å². The molecule has 2 N–H and O–H groups in total. The highest BCUT2D eigenvalue weighted by Gasteiger charge is 2.39. The smallest absolute Gasteiger partial charge is 0.123 e. The number of nitrogen functional groups attached to an aromatic ring is 1. The molecule has 1 aromatic heterocycles. The predicted octanol–water partition coefficient (Wildman–Crippen LogP) is 2.54. The maximum Gasteiger partial charge on any atom is 0.123 e. The van der Waals surface area contributed by atoms with Gasteiger partial charge in [0.25, 0.3) is 0 Å². The van der Waals surface area contributed by atoms with Crippen LogP contribution in [0, 0.1) is 17.8 Å². The molecule has 0 radical (unpaired) electrons. The quantitative estimate of drug-likeness (QED) is 0.869. The van der Waals surface area contributed by atoms with Crippen molar-refractivity contribution in [1.29, 1.82) is 0 Å². The van der Waals surface area contributed by atoms with Gasteiger partial charge in [0.2, 0.25) is 0 Å². The lowest BCUT2D eigenvalue weighted by atomic mass is 9.88. The number of hydrogen-bond acceptors (Lipinski definition) is 3. The largest absolute Gasteiger partial charge is 0.384 e. The summed E-state index contributed by atoms with van der Waals surface area (Å²) in [5.41, 5.74) is 6.79. The molecule has 0 aliphatic heterocycles. The maximum absolute atomic E-state index is 5.61. The van der Waals surface area contributed by atoms with Gasteiger partial charge in [0.15, 0.2) is 0 Å². The van der Waals surface area contributed by atoms with Crippen molar-refractivity contribution in [2.24, 2.45) is 17.8 Å². The predicted molar refractivity (Wildman–Crippen MR) is 70.9 cm³/mol. The normalized spacial score (nSPS) is 30.8. The Morgan fingerprint density at radius 3 is 2.82 bits per heavy atom. The molecule has 2 fully saturated rings. The van der Waals surface area contributed by atoms with Crippen LogP contribution in [0.25, 0.3) is 0 Å². The summed E-state index contributed by atoms with van der Waals surface area (Å²) < 4.78 is 0. The molecule has 2 saturated carbocycles. The summed E-state index contributed by atoms with van der Waals surface area (Å²) in [6.45, 7) is 1.17. The number of fused-ring (bicyclic) bond motifs is 2.